The van der Waals surface area contributed by atoms with Crippen LogP contribution in [0, 0.1) is 19.8 Å². The molecule has 1 aliphatic rings. The SMILES string of the molecule is Cc1nnc(NC(=O)C2CCCCCC2N)nc1C. The van der Waals surface area contributed by atoms with Crippen molar-refractivity contribution in [2.45, 2.75) is 52.0 Å². The Balaban J connectivity index is 2.04. The van der Waals surface area contributed by atoms with Gasteiger partial charge in [0.05, 0.1) is 17.3 Å². The molecule has 19 heavy (non-hydrogen) atoms. The molecule has 1 aliphatic carbocycles. The van der Waals surface area contributed by atoms with E-state index in [4.69, 9.17) is 5.73 Å². The van der Waals surface area contributed by atoms with E-state index in [1.165, 1.54) is 0 Å². The summed E-state index contributed by atoms with van der Waals surface area (Å²) in [5.74, 6) is 0.0386. The number of hydrogen-bond acceptors (Lipinski definition) is 5. The second kappa shape index (κ2) is 6.06. The molecule has 1 saturated carbocycles. The Bertz CT molecular complexity index is 462. The van der Waals surface area contributed by atoms with Crippen molar-refractivity contribution in [1.29, 1.82) is 0 Å². The molecule has 2 atom stereocenters. The molecule has 104 valence electrons. The van der Waals surface area contributed by atoms with Crippen molar-refractivity contribution in [3.05, 3.63) is 11.4 Å². The highest BCUT2D eigenvalue weighted by atomic mass is 16.2. The molecule has 1 amide bonds. The van der Waals surface area contributed by atoms with Gasteiger partial charge in [0.15, 0.2) is 0 Å². The first-order chi connectivity index (χ1) is 9.08. The number of hydrogen-bond donors (Lipinski definition) is 2. The van der Waals surface area contributed by atoms with E-state index in [0.717, 1.165) is 43.5 Å². The maximum Gasteiger partial charge on any atom is 0.249 e. The van der Waals surface area contributed by atoms with Crippen molar-refractivity contribution in [1.82, 2.24) is 15.2 Å². The summed E-state index contributed by atoms with van der Waals surface area (Å²) in [6, 6.07) is -0.0676. The molecule has 1 aromatic rings. The Labute approximate surface area is 113 Å². The minimum atomic E-state index is -0.146. The van der Waals surface area contributed by atoms with Gasteiger partial charge in [-0.1, -0.05) is 19.3 Å². The molecule has 1 fully saturated rings. The summed E-state index contributed by atoms with van der Waals surface area (Å²) in [7, 11) is 0. The van der Waals surface area contributed by atoms with Gasteiger partial charge >= 0.3 is 0 Å². The number of anilines is 1. The normalized spacial score (nSPS) is 23.7. The van der Waals surface area contributed by atoms with Gasteiger partial charge in [-0.3, -0.25) is 10.1 Å². The molecular formula is C13H21N5O. The van der Waals surface area contributed by atoms with E-state index in [9.17, 15) is 4.79 Å². The average molecular weight is 263 g/mol. The van der Waals surface area contributed by atoms with Crippen LogP contribution < -0.4 is 11.1 Å². The lowest BCUT2D eigenvalue weighted by Crippen LogP contribution is -2.38. The molecule has 0 aliphatic heterocycles. The Morgan fingerprint density at radius 3 is 2.63 bits per heavy atom. The van der Waals surface area contributed by atoms with E-state index in [1.54, 1.807) is 0 Å². The van der Waals surface area contributed by atoms with Crippen molar-refractivity contribution >= 4 is 11.9 Å². The summed E-state index contributed by atoms with van der Waals surface area (Å²) >= 11 is 0. The highest BCUT2D eigenvalue weighted by Gasteiger charge is 2.27. The zero-order valence-corrected chi connectivity index (χ0v) is 11.5. The zero-order chi connectivity index (χ0) is 13.8. The Hall–Kier alpha value is -1.56. The van der Waals surface area contributed by atoms with E-state index >= 15 is 0 Å². The van der Waals surface area contributed by atoms with E-state index in [1.807, 2.05) is 13.8 Å². The lowest BCUT2D eigenvalue weighted by atomic mass is 9.95. The van der Waals surface area contributed by atoms with Crippen LogP contribution in [0.5, 0.6) is 0 Å². The summed E-state index contributed by atoms with van der Waals surface area (Å²) in [4.78, 5) is 16.4. The largest absolute Gasteiger partial charge is 0.327 e. The molecule has 1 heterocycles. The molecule has 1 aromatic heterocycles. The number of amides is 1. The van der Waals surface area contributed by atoms with Gasteiger partial charge in [0.2, 0.25) is 11.9 Å². The average Bonchev–Trinajstić information content (AvgIpc) is 2.58. The predicted octanol–water partition coefficient (Wildman–Crippen LogP) is 1.33. The van der Waals surface area contributed by atoms with Crippen LogP contribution in [0.4, 0.5) is 5.95 Å². The molecule has 0 saturated heterocycles. The van der Waals surface area contributed by atoms with Crippen LogP contribution in [0.3, 0.4) is 0 Å². The van der Waals surface area contributed by atoms with Gasteiger partial charge in [-0.25, -0.2) is 4.98 Å². The van der Waals surface area contributed by atoms with Gasteiger partial charge < -0.3 is 5.73 Å². The number of nitrogens with one attached hydrogen (secondary N) is 1. The standard InChI is InChI=1S/C13H21N5O/c1-8-9(2)17-18-13(15-8)16-12(19)10-6-4-3-5-7-11(10)14/h10-11H,3-7,14H2,1-2H3,(H,15,16,18,19). The van der Waals surface area contributed by atoms with Crippen molar-refractivity contribution < 1.29 is 4.79 Å². The Kier molecular flexibility index (Phi) is 4.42. The second-order valence-electron chi connectivity index (χ2n) is 5.20. The number of carbonyl (C=O) groups is 1. The first kappa shape index (κ1) is 13.9. The van der Waals surface area contributed by atoms with Crippen molar-refractivity contribution in [3.8, 4) is 0 Å². The third-order valence-electron chi connectivity index (χ3n) is 3.73. The molecule has 2 unspecified atom stereocenters. The third kappa shape index (κ3) is 3.47. The van der Waals surface area contributed by atoms with Crippen LogP contribution in [-0.4, -0.2) is 27.1 Å². The summed E-state index contributed by atoms with van der Waals surface area (Å²) < 4.78 is 0. The zero-order valence-electron chi connectivity index (χ0n) is 11.5. The molecule has 0 spiro atoms. The molecule has 2 rings (SSSR count). The molecule has 3 N–H and O–H groups in total. The lowest BCUT2D eigenvalue weighted by Gasteiger charge is -2.19. The summed E-state index contributed by atoms with van der Waals surface area (Å²) in [5.41, 5.74) is 7.61. The summed E-state index contributed by atoms with van der Waals surface area (Å²) in [6.07, 6.45) is 5.05. The summed E-state index contributed by atoms with van der Waals surface area (Å²) in [5, 5.41) is 10.6. The topological polar surface area (TPSA) is 93.8 Å². The third-order valence-corrected chi connectivity index (χ3v) is 3.73. The number of aromatic nitrogens is 3. The molecular weight excluding hydrogens is 242 g/mol. The van der Waals surface area contributed by atoms with Crippen molar-refractivity contribution in [3.63, 3.8) is 0 Å². The predicted molar refractivity (Wildman–Crippen MR) is 72.5 cm³/mol. The van der Waals surface area contributed by atoms with E-state index in [0.29, 0.717) is 0 Å². The van der Waals surface area contributed by atoms with Gasteiger partial charge in [0, 0.05) is 6.04 Å². The monoisotopic (exact) mass is 263 g/mol. The van der Waals surface area contributed by atoms with Gasteiger partial charge in [0.25, 0.3) is 0 Å². The van der Waals surface area contributed by atoms with Crippen LogP contribution in [0.25, 0.3) is 0 Å². The fraction of sp³-hybridized carbons (Fsp3) is 0.692. The van der Waals surface area contributed by atoms with Gasteiger partial charge in [0.1, 0.15) is 0 Å². The molecule has 6 nitrogen and oxygen atoms in total. The molecule has 0 bridgehead atoms. The smallest absolute Gasteiger partial charge is 0.249 e. The van der Waals surface area contributed by atoms with Crippen LogP contribution >= 0.6 is 0 Å². The first-order valence-corrected chi connectivity index (χ1v) is 6.82. The minimum Gasteiger partial charge on any atom is -0.327 e. The highest BCUT2D eigenvalue weighted by Crippen LogP contribution is 2.23. The van der Waals surface area contributed by atoms with E-state index < -0.39 is 0 Å². The Morgan fingerprint density at radius 2 is 1.89 bits per heavy atom. The molecule has 0 aromatic carbocycles. The van der Waals surface area contributed by atoms with Gasteiger partial charge in [-0.05, 0) is 26.7 Å². The minimum absolute atomic E-state index is 0.0676. The number of nitrogens with two attached hydrogens (primary N) is 1. The number of aryl methyl sites for hydroxylation is 2. The fourth-order valence-corrected chi connectivity index (χ4v) is 2.37. The van der Waals surface area contributed by atoms with Crippen LogP contribution in [0.15, 0.2) is 0 Å². The maximum absolute atomic E-state index is 12.2. The molecule has 0 radical (unpaired) electrons. The number of carbonyl (C=O) groups excluding carboxylic acids is 1. The Morgan fingerprint density at radius 1 is 1.16 bits per heavy atom. The van der Waals surface area contributed by atoms with E-state index in [-0.39, 0.29) is 23.8 Å². The van der Waals surface area contributed by atoms with Crippen LogP contribution in [-0.2, 0) is 4.79 Å². The van der Waals surface area contributed by atoms with Gasteiger partial charge in [-0.2, -0.15) is 5.10 Å². The van der Waals surface area contributed by atoms with Crippen LogP contribution in [0.2, 0.25) is 0 Å². The fourth-order valence-electron chi connectivity index (χ4n) is 2.37. The highest BCUT2D eigenvalue weighted by molar-refractivity contribution is 5.91. The lowest BCUT2D eigenvalue weighted by molar-refractivity contribution is -0.120. The van der Waals surface area contributed by atoms with Crippen LogP contribution in [0.1, 0.15) is 43.5 Å². The molecule has 6 heteroatoms. The quantitative estimate of drug-likeness (QED) is 0.785. The number of rotatable bonds is 2. The van der Waals surface area contributed by atoms with Gasteiger partial charge in [-0.15, -0.1) is 5.10 Å². The van der Waals surface area contributed by atoms with Crippen molar-refractivity contribution in [2.75, 3.05) is 5.32 Å². The second-order valence-corrected chi connectivity index (χ2v) is 5.20. The number of nitrogens with zero attached hydrogens (tertiary/aromatic N) is 3. The summed E-state index contributed by atoms with van der Waals surface area (Å²) in [6.45, 7) is 3.68. The first-order valence-electron chi connectivity index (χ1n) is 6.82. The van der Waals surface area contributed by atoms with Crippen molar-refractivity contribution in [2.24, 2.45) is 11.7 Å². The van der Waals surface area contributed by atoms with E-state index in [2.05, 4.69) is 20.5 Å². The maximum atomic E-state index is 12.2.